The van der Waals surface area contributed by atoms with Crippen molar-refractivity contribution >= 4 is 5.84 Å². The zero-order chi connectivity index (χ0) is 13.9. The number of unbranched alkanes of at least 4 members (excludes halogenated alkanes) is 5. The van der Waals surface area contributed by atoms with Gasteiger partial charge in [-0.2, -0.15) is 0 Å². The lowest BCUT2D eigenvalue weighted by molar-refractivity contribution is 0.358. The zero-order valence-electron chi connectivity index (χ0n) is 12.8. The molecule has 1 heterocycles. The molecule has 2 N–H and O–H groups in total. The third-order valence-electron chi connectivity index (χ3n) is 3.63. The lowest BCUT2D eigenvalue weighted by atomic mass is 10.1. The summed E-state index contributed by atoms with van der Waals surface area (Å²) in [4.78, 5) is 6.81. The first-order chi connectivity index (χ1) is 9.25. The Hall–Kier alpha value is -0.830. The molecule has 0 radical (unpaired) electrons. The Balaban J connectivity index is 1.98. The Morgan fingerprint density at radius 2 is 1.95 bits per heavy atom. The van der Waals surface area contributed by atoms with E-state index in [4.69, 9.17) is 5.73 Å². The van der Waals surface area contributed by atoms with Gasteiger partial charge in [0.1, 0.15) is 5.84 Å². The molecule has 3 heteroatoms. The second-order valence-corrected chi connectivity index (χ2v) is 5.42. The van der Waals surface area contributed by atoms with E-state index < -0.39 is 0 Å². The molecular weight excluding hydrogens is 234 g/mol. The maximum atomic E-state index is 5.94. The first-order valence-electron chi connectivity index (χ1n) is 7.96. The van der Waals surface area contributed by atoms with Gasteiger partial charge >= 0.3 is 0 Å². The molecule has 0 amide bonds. The van der Waals surface area contributed by atoms with Crippen molar-refractivity contribution in [3.05, 3.63) is 12.2 Å². The van der Waals surface area contributed by atoms with Crippen LogP contribution in [0.2, 0.25) is 0 Å². The maximum absolute atomic E-state index is 5.94. The minimum absolute atomic E-state index is 0.117. The average Bonchev–Trinajstić information content (AvgIpc) is 2.85. The number of aliphatic imine (C=N–C) groups is 1. The molecule has 1 aliphatic rings. The van der Waals surface area contributed by atoms with Crippen LogP contribution in [0.4, 0.5) is 0 Å². The lowest BCUT2D eigenvalue weighted by Crippen LogP contribution is -2.41. The number of nitrogens with two attached hydrogens (primary N) is 1. The SMILES string of the molecule is CC/C=C/CCCCCCCC1=NCCN1C(C)N. The number of amidine groups is 1. The monoisotopic (exact) mass is 265 g/mol. The molecule has 3 nitrogen and oxygen atoms in total. The number of hydrogen-bond acceptors (Lipinski definition) is 3. The minimum Gasteiger partial charge on any atom is -0.343 e. The van der Waals surface area contributed by atoms with Crippen molar-refractivity contribution in [2.24, 2.45) is 10.7 Å². The van der Waals surface area contributed by atoms with Crippen LogP contribution in [0.1, 0.15) is 65.2 Å². The van der Waals surface area contributed by atoms with Crippen molar-refractivity contribution in [2.75, 3.05) is 13.1 Å². The highest BCUT2D eigenvalue weighted by atomic mass is 15.3. The normalized spacial score (nSPS) is 17.2. The highest BCUT2D eigenvalue weighted by Gasteiger charge is 2.18. The van der Waals surface area contributed by atoms with Gasteiger partial charge in [0, 0.05) is 13.0 Å². The third kappa shape index (κ3) is 6.76. The second-order valence-electron chi connectivity index (χ2n) is 5.42. The molecule has 1 unspecified atom stereocenters. The highest BCUT2D eigenvalue weighted by Crippen LogP contribution is 2.13. The predicted molar refractivity (Wildman–Crippen MR) is 84.4 cm³/mol. The summed E-state index contributed by atoms with van der Waals surface area (Å²) < 4.78 is 0. The Bertz CT molecular complexity index is 282. The first-order valence-corrected chi connectivity index (χ1v) is 7.96. The summed E-state index contributed by atoms with van der Waals surface area (Å²) in [6.07, 6.45) is 14.8. The van der Waals surface area contributed by atoms with Gasteiger partial charge in [-0.15, -0.1) is 0 Å². The standard InChI is InChI=1S/C16H31N3/c1-3-4-5-6-7-8-9-10-11-12-16-18-13-14-19(16)15(2)17/h4-5,15H,3,6-14,17H2,1-2H3/b5-4+. The van der Waals surface area contributed by atoms with E-state index in [1.807, 2.05) is 6.92 Å². The Kier molecular flexibility index (Phi) is 8.55. The molecule has 0 aromatic heterocycles. The van der Waals surface area contributed by atoms with Gasteiger partial charge in [-0.05, 0) is 32.6 Å². The van der Waals surface area contributed by atoms with Gasteiger partial charge in [-0.3, -0.25) is 4.99 Å². The number of nitrogens with zero attached hydrogens (tertiary/aromatic N) is 2. The molecule has 110 valence electrons. The van der Waals surface area contributed by atoms with Gasteiger partial charge in [-0.1, -0.05) is 38.3 Å². The molecule has 1 rings (SSSR count). The van der Waals surface area contributed by atoms with Crippen molar-refractivity contribution in [1.82, 2.24) is 4.90 Å². The van der Waals surface area contributed by atoms with Crippen molar-refractivity contribution in [1.29, 1.82) is 0 Å². The number of rotatable bonds is 10. The van der Waals surface area contributed by atoms with E-state index in [0.29, 0.717) is 0 Å². The summed E-state index contributed by atoms with van der Waals surface area (Å²) in [6, 6.07) is 0. The Morgan fingerprint density at radius 1 is 1.21 bits per heavy atom. The minimum atomic E-state index is 0.117. The molecule has 0 saturated carbocycles. The van der Waals surface area contributed by atoms with E-state index in [0.717, 1.165) is 25.9 Å². The molecule has 19 heavy (non-hydrogen) atoms. The van der Waals surface area contributed by atoms with Gasteiger partial charge in [0.2, 0.25) is 0 Å². The molecular formula is C16H31N3. The van der Waals surface area contributed by atoms with Gasteiger partial charge in [0.25, 0.3) is 0 Å². The van der Waals surface area contributed by atoms with E-state index in [9.17, 15) is 0 Å². The average molecular weight is 265 g/mol. The third-order valence-corrected chi connectivity index (χ3v) is 3.63. The van der Waals surface area contributed by atoms with E-state index in [-0.39, 0.29) is 6.17 Å². The lowest BCUT2D eigenvalue weighted by Gasteiger charge is -2.24. The number of allylic oxidation sites excluding steroid dienone is 2. The molecule has 0 aliphatic carbocycles. The van der Waals surface area contributed by atoms with Gasteiger partial charge < -0.3 is 10.6 Å². The van der Waals surface area contributed by atoms with Gasteiger partial charge in [-0.25, -0.2) is 0 Å². The molecule has 0 fully saturated rings. The molecule has 0 saturated heterocycles. The van der Waals surface area contributed by atoms with Crippen LogP contribution < -0.4 is 5.73 Å². The summed E-state index contributed by atoms with van der Waals surface area (Å²) in [5.74, 6) is 1.24. The second kappa shape index (κ2) is 10.0. The van der Waals surface area contributed by atoms with Crippen LogP contribution in [0.3, 0.4) is 0 Å². The van der Waals surface area contributed by atoms with E-state index in [1.165, 1.54) is 44.4 Å². The van der Waals surface area contributed by atoms with E-state index in [1.54, 1.807) is 0 Å². The van der Waals surface area contributed by atoms with Gasteiger partial charge in [0.15, 0.2) is 0 Å². The van der Waals surface area contributed by atoms with Crippen LogP contribution in [0, 0.1) is 0 Å². The van der Waals surface area contributed by atoms with E-state index in [2.05, 4.69) is 29.0 Å². The highest BCUT2D eigenvalue weighted by molar-refractivity contribution is 5.83. The van der Waals surface area contributed by atoms with Crippen molar-refractivity contribution in [2.45, 2.75) is 71.4 Å². The smallest absolute Gasteiger partial charge is 0.100 e. The molecule has 0 spiro atoms. The largest absolute Gasteiger partial charge is 0.343 e. The fraction of sp³-hybridized carbons (Fsp3) is 0.812. The summed E-state index contributed by atoms with van der Waals surface area (Å²) >= 11 is 0. The van der Waals surface area contributed by atoms with Crippen LogP contribution in [-0.4, -0.2) is 30.0 Å². The summed E-state index contributed by atoms with van der Waals surface area (Å²) in [5.41, 5.74) is 5.94. The number of hydrogen-bond donors (Lipinski definition) is 1. The molecule has 1 atom stereocenters. The summed E-state index contributed by atoms with van der Waals surface area (Å²) in [7, 11) is 0. The van der Waals surface area contributed by atoms with Crippen LogP contribution in [0.5, 0.6) is 0 Å². The predicted octanol–water partition coefficient (Wildman–Crippen LogP) is 3.70. The fourth-order valence-electron chi connectivity index (χ4n) is 2.53. The van der Waals surface area contributed by atoms with Gasteiger partial charge in [0.05, 0.1) is 12.7 Å². The topological polar surface area (TPSA) is 41.6 Å². The molecule has 0 aromatic carbocycles. The maximum Gasteiger partial charge on any atom is 0.100 e. The van der Waals surface area contributed by atoms with Crippen LogP contribution in [-0.2, 0) is 0 Å². The van der Waals surface area contributed by atoms with Crippen LogP contribution >= 0.6 is 0 Å². The quantitative estimate of drug-likeness (QED) is 0.483. The fourth-order valence-corrected chi connectivity index (χ4v) is 2.53. The van der Waals surface area contributed by atoms with E-state index >= 15 is 0 Å². The summed E-state index contributed by atoms with van der Waals surface area (Å²) in [6.45, 7) is 6.18. The first kappa shape index (κ1) is 16.2. The summed E-state index contributed by atoms with van der Waals surface area (Å²) in [5, 5.41) is 0. The molecule has 1 aliphatic heterocycles. The zero-order valence-corrected chi connectivity index (χ0v) is 12.8. The molecule has 0 aromatic rings. The van der Waals surface area contributed by atoms with Crippen LogP contribution in [0.25, 0.3) is 0 Å². The Labute approximate surface area is 119 Å². The van der Waals surface area contributed by atoms with Crippen molar-refractivity contribution in [3.63, 3.8) is 0 Å². The Morgan fingerprint density at radius 3 is 2.68 bits per heavy atom. The van der Waals surface area contributed by atoms with Crippen molar-refractivity contribution in [3.8, 4) is 0 Å². The molecule has 0 bridgehead atoms. The van der Waals surface area contributed by atoms with Crippen molar-refractivity contribution < 1.29 is 0 Å². The van der Waals surface area contributed by atoms with Crippen LogP contribution in [0.15, 0.2) is 17.1 Å².